The summed E-state index contributed by atoms with van der Waals surface area (Å²) in [6.07, 6.45) is 0. The smallest absolute Gasteiger partial charge is 0.356 e. The number of nitrogens with zero attached hydrogens (tertiary/aromatic N) is 1. The minimum absolute atomic E-state index is 0.122. The van der Waals surface area contributed by atoms with E-state index in [0.29, 0.717) is 15.8 Å². The van der Waals surface area contributed by atoms with E-state index >= 15 is 0 Å². The standard InChI is InChI=1S/C19H14BrN3O4/c20-17-11-5-1-2-6-12(11)22-18(17)19(26)27-10-16(25)23-9-15(24)21-13-7-3-4-8-14(13)23/h1-8,22H,9-10H2,(H,21,24). The molecule has 0 atom stereocenters. The maximum Gasteiger partial charge on any atom is 0.356 e. The lowest BCUT2D eigenvalue weighted by molar-refractivity contribution is -0.124. The van der Waals surface area contributed by atoms with Gasteiger partial charge in [-0.05, 0) is 34.1 Å². The Balaban J connectivity index is 1.50. The zero-order valence-corrected chi connectivity index (χ0v) is 15.6. The fourth-order valence-corrected chi connectivity index (χ4v) is 3.59. The van der Waals surface area contributed by atoms with E-state index in [1.807, 2.05) is 24.3 Å². The van der Waals surface area contributed by atoms with Gasteiger partial charge in [0.05, 0.1) is 15.8 Å². The molecule has 8 heteroatoms. The van der Waals surface area contributed by atoms with E-state index in [1.165, 1.54) is 4.90 Å². The number of hydrogen-bond acceptors (Lipinski definition) is 4. The number of rotatable bonds is 3. The van der Waals surface area contributed by atoms with Crippen molar-refractivity contribution in [1.29, 1.82) is 0 Å². The van der Waals surface area contributed by atoms with E-state index in [1.54, 1.807) is 24.3 Å². The number of halogens is 1. The Bertz CT molecular complexity index is 1080. The first kappa shape index (κ1) is 17.3. The SMILES string of the molecule is O=C1CN(C(=O)COC(=O)c2[nH]c3ccccc3c2Br)c2ccccc2N1. The molecule has 7 nitrogen and oxygen atoms in total. The quantitative estimate of drug-likeness (QED) is 0.628. The van der Waals surface area contributed by atoms with Gasteiger partial charge in [-0.1, -0.05) is 30.3 Å². The fourth-order valence-electron chi connectivity index (χ4n) is 2.98. The topological polar surface area (TPSA) is 91.5 Å². The molecule has 0 fully saturated rings. The molecule has 1 aliphatic heterocycles. The summed E-state index contributed by atoms with van der Waals surface area (Å²) < 4.78 is 5.76. The number of fused-ring (bicyclic) bond motifs is 2. The first-order chi connectivity index (χ1) is 13.0. The third kappa shape index (κ3) is 3.19. The lowest BCUT2D eigenvalue weighted by atomic mass is 10.2. The molecule has 2 aromatic carbocycles. The van der Waals surface area contributed by atoms with Gasteiger partial charge in [0, 0.05) is 10.9 Å². The Morgan fingerprint density at radius 1 is 1.11 bits per heavy atom. The van der Waals surface area contributed by atoms with E-state index < -0.39 is 18.5 Å². The third-order valence-electron chi connectivity index (χ3n) is 4.25. The van der Waals surface area contributed by atoms with Crippen molar-refractivity contribution >= 4 is 56.0 Å². The number of esters is 1. The second kappa shape index (κ2) is 6.88. The summed E-state index contributed by atoms with van der Waals surface area (Å²) in [6.45, 7) is -0.592. The summed E-state index contributed by atoms with van der Waals surface area (Å²) in [4.78, 5) is 41.1. The number of nitrogens with one attached hydrogen (secondary N) is 2. The van der Waals surface area contributed by atoms with Crippen molar-refractivity contribution in [3.63, 3.8) is 0 Å². The van der Waals surface area contributed by atoms with Crippen LogP contribution in [0.4, 0.5) is 11.4 Å². The van der Waals surface area contributed by atoms with Crippen molar-refractivity contribution in [2.45, 2.75) is 0 Å². The molecular weight excluding hydrogens is 414 g/mol. The summed E-state index contributed by atoms with van der Waals surface area (Å²) in [5.74, 6) is -1.43. The summed E-state index contributed by atoms with van der Waals surface area (Å²) in [6, 6.07) is 14.4. The predicted octanol–water partition coefficient (Wildman–Crippen LogP) is 3.07. The van der Waals surface area contributed by atoms with Gasteiger partial charge in [0.1, 0.15) is 12.2 Å². The molecule has 3 aromatic rings. The number of aromatic amines is 1. The number of hydrogen-bond donors (Lipinski definition) is 2. The highest BCUT2D eigenvalue weighted by Gasteiger charge is 2.27. The number of carbonyl (C=O) groups excluding carboxylic acids is 3. The average Bonchev–Trinajstić information content (AvgIpc) is 3.02. The first-order valence-corrected chi connectivity index (χ1v) is 8.96. The van der Waals surface area contributed by atoms with Crippen LogP contribution in [-0.4, -0.2) is 35.9 Å². The molecule has 0 spiro atoms. The van der Waals surface area contributed by atoms with Crippen molar-refractivity contribution < 1.29 is 19.1 Å². The first-order valence-electron chi connectivity index (χ1n) is 8.17. The second-order valence-electron chi connectivity index (χ2n) is 5.98. The number of carbonyl (C=O) groups is 3. The van der Waals surface area contributed by atoms with Gasteiger partial charge in [0.15, 0.2) is 6.61 Å². The molecule has 0 saturated carbocycles. The molecular formula is C19H14BrN3O4. The number of ether oxygens (including phenoxy) is 1. The largest absolute Gasteiger partial charge is 0.451 e. The number of benzene rings is 2. The van der Waals surface area contributed by atoms with Gasteiger partial charge in [0.2, 0.25) is 5.91 Å². The fraction of sp³-hybridized carbons (Fsp3) is 0.105. The van der Waals surface area contributed by atoms with Crippen LogP contribution in [0.15, 0.2) is 53.0 Å². The Morgan fingerprint density at radius 3 is 2.67 bits per heavy atom. The Labute approximate surface area is 162 Å². The lowest BCUT2D eigenvalue weighted by Gasteiger charge is -2.28. The molecule has 2 N–H and O–H groups in total. The van der Waals surface area contributed by atoms with Gasteiger partial charge in [-0.3, -0.25) is 14.5 Å². The van der Waals surface area contributed by atoms with Crippen molar-refractivity contribution in [3.8, 4) is 0 Å². The zero-order chi connectivity index (χ0) is 19.0. The third-order valence-corrected chi connectivity index (χ3v) is 5.07. The van der Waals surface area contributed by atoms with Crippen molar-refractivity contribution in [2.24, 2.45) is 0 Å². The van der Waals surface area contributed by atoms with Gasteiger partial charge in [-0.2, -0.15) is 0 Å². The highest BCUT2D eigenvalue weighted by atomic mass is 79.9. The van der Waals surface area contributed by atoms with Crippen LogP contribution in [0.3, 0.4) is 0 Å². The van der Waals surface area contributed by atoms with E-state index in [2.05, 4.69) is 26.2 Å². The molecule has 136 valence electrons. The molecule has 1 aliphatic rings. The van der Waals surface area contributed by atoms with Gasteiger partial charge < -0.3 is 15.0 Å². The number of aromatic nitrogens is 1. The number of H-pyrrole nitrogens is 1. The minimum atomic E-state index is -0.652. The molecule has 1 aromatic heterocycles. The molecule has 0 radical (unpaired) electrons. The van der Waals surface area contributed by atoms with Crippen LogP contribution in [0.1, 0.15) is 10.5 Å². The molecule has 0 unspecified atom stereocenters. The number of anilines is 2. The summed E-state index contributed by atoms with van der Waals surface area (Å²) in [7, 11) is 0. The van der Waals surface area contributed by atoms with Gasteiger partial charge in [-0.15, -0.1) is 0 Å². The van der Waals surface area contributed by atoms with Crippen LogP contribution < -0.4 is 10.2 Å². The van der Waals surface area contributed by atoms with Crippen molar-refractivity contribution in [3.05, 3.63) is 58.7 Å². The highest BCUT2D eigenvalue weighted by Crippen LogP contribution is 2.30. The molecule has 0 aliphatic carbocycles. The average molecular weight is 428 g/mol. The summed E-state index contributed by atoms with van der Waals surface area (Å²) in [5.41, 5.74) is 2.14. The minimum Gasteiger partial charge on any atom is -0.451 e. The highest BCUT2D eigenvalue weighted by molar-refractivity contribution is 9.10. The van der Waals surface area contributed by atoms with E-state index in [-0.39, 0.29) is 18.1 Å². The van der Waals surface area contributed by atoms with Crippen LogP contribution in [0.2, 0.25) is 0 Å². The lowest BCUT2D eigenvalue weighted by Crippen LogP contribution is -2.44. The molecule has 4 rings (SSSR count). The number of para-hydroxylation sites is 3. The summed E-state index contributed by atoms with van der Waals surface area (Å²) in [5, 5.41) is 3.55. The predicted molar refractivity (Wildman–Crippen MR) is 104 cm³/mol. The van der Waals surface area contributed by atoms with E-state index in [0.717, 1.165) is 10.9 Å². The van der Waals surface area contributed by atoms with E-state index in [9.17, 15) is 14.4 Å². The van der Waals surface area contributed by atoms with Crippen LogP contribution in [0.25, 0.3) is 10.9 Å². The Kier molecular flexibility index (Phi) is 4.41. The maximum atomic E-state index is 12.5. The molecule has 2 heterocycles. The van der Waals surface area contributed by atoms with Crippen LogP contribution >= 0.6 is 15.9 Å². The zero-order valence-electron chi connectivity index (χ0n) is 14.0. The maximum absolute atomic E-state index is 12.5. The molecule has 2 amide bonds. The molecule has 27 heavy (non-hydrogen) atoms. The Hall–Kier alpha value is -3.13. The van der Waals surface area contributed by atoms with Crippen LogP contribution in [-0.2, 0) is 14.3 Å². The van der Waals surface area contributed by atoms with E-state index in [4.69, 9.17) is 4.74 Å². The molecule has 0 saturated heterocycles. The normalized spacial score (nSPS) is 13.2. The van der Waals surface area contributed by atoms with Gasteiger partial charge in [0.25, 0.3) is 5.91 Å². The number of amides is 2. The van der Waals surface area contributed by atoms with Gasteiger partial charge >= 0.3 is 5.97 Å². The van der Waals surface area contributed by atoms with Crippen molar-refractivity contribution in [2.75, 3.05) is 23.4 Å². The monoisotopic (exact) mass is 427 g/mol. The Morgan fingerprint density at radius 2 is 1.85 bits per heavy atom. The van der Waals surface area contributed by atoms with Crippen molar-refractivity contribution in [1.82, 2.24) is 4.98 Å². The summed E-state index contributed by atoms with van der Waals surface area (Å²) >= 11 is 3.38. The van der Waals surface area contributed by atoms with Gasteiger partial charge in [-0.25, -0.2) is 4.79 Å². The second-order valence-corrected chi connectivity index (χ2v) is 6.77. The van der Waals surface area contributed by atoms with Crippen LogP contribution in [0, 0.1) is 0 Å². The van der Waals surface area contributed by atoms with Crippen LogP contribution in [0.5, 0.6) is 0 Å². The molecule has 0 bridgehead atoms.